The molecule has 0 N–H and O–H groups in total. The zero-order chi connectivity index (χ0) is 11.7. The normalized spacial score (nSPS) is 17.2. The Bertz CT molecular complexity index is 407. The Kier molecular flexibility index (Phi) is 3.48. The van der Waals surface area contributed by atoms with Crippen LogP contribution in [-0.2, 0) is 11.2 Å². The number of aryl methyl sites for hydroxylation is 2. The Hall–Kier alpha value is -0.630. The highest BCUT2D eigenvalue weighted by molar-refractivity contribution is 9.10. The molecule has 1 aromatic carbocycles. The average molecular weight is 281 g/mol. The summed E-state index contributed by atoms with van der Waals surface area (Å²) in [7, 11) is 0. The van der Waals surface area contributed by atoms with Crippen molar-refractivity contribution in [1.82, 2.24) is 0 Å². The number of halogens is 1. The third-order valence-corrected chi connectivity index (χ3v) is 3.97. The van der Waals surface area contributed by atoms with Gasteiger partial charge in [-0.1, -0.05) is 39.7 Å². The van der Waals surface area contributed by atoms with E-state index in [1.54, 1.807) is 0 Å². The fourth-order valence-corrected chi connectivity index (χ4v) is 2.66. The van der Waals surface area contributed by atoms with Gasteiger partial charge in [-0.2, -0.15) is 0 Å². The molecule has 2 rings (SSSR count). The number of hydrogen-bond donors (Lipinski definition) is 0. The first-order valence-corrected chi connectivity index (χ1v) is 6.73. The molecular weight excluding hydrogens is 264 g/mol. The Morgan fingerprint density at radius 1 is 1.44 bits per heavy atom. The molecule has 0 spiro atoms. The van der Waals surface area contributed by atoms with Gasteiger partial charge in [0.15, 0.2) is 0 Å². The number of carbonyl (C=O) groups is 1. The third-order valence-electron chi connectivity index (χ3n) is 3.19. The van der Waals surface area contributed by atoms with Crippen molar-refractivity contribution in [2.24, 2.45) is 5.92 Å². The van der Waals surface area contributed by atoms with Crippen LogP contribution in [0.2, 0.25) is 0 Å². The molecule has 16 heavy (non-hydrogen) atoms. The second-order valence-corrected chi connectivity index (χ2v) is 5.88. The van der Waals surface area contributed by atoms with Crippen LogP contribution in [0.5, 0.6) is 0 Å². The van der Waals surface area contributed by atoms with Crippen molar-refractivity contribution in [3.8, 4) is 0 Å². The second kappa shape index (κ2) is 4.70. The predicted octanol–water partition coefficient (Wildman–Crippen LogP) is 3.59. The summed E-state index contributed by atoms with van der Waals surface area (Å²) in [5.41, 5.74) is 3.83. The summed E-state index contributed by atoms with van der Waals surface area (Å²) in [5, 5.41) is 0. The van der Waals surface area contributed by atoms with Gasteiger partial charge in [0.05, 0.1) is 4.83 Å². The average Bonchev–Trinajstić information content (AvgIpc) is 3.06. The number of ketones is 1. The van der Waals surface area contributed by atoms with Crippen LogP contribution in [0.3, 0.4) is 0 Å². The second-order valence-electron chi connectivity index (χ2n) is 4.78. The molecule has 1 unspecified atom stereocenters. The number of rotatable bonds is 4. The molecule has 86 valence electrons. The topological polar surface area (TPSA) is 17.1 Å². The number of carbonyl (C=O) groups excluding carboxylic acids is 1. The van der Waals surface area contributed by atoms with Crippen LogP contribution in [0.15, 0.2) is 18.2 Å². The molecule has 1 nitrogen and oxygen atoms in total. The molecule has 1 aromatic rings. The van der Waals surface area contributed by atoms with Gasteiger partial charge in [0.25, 0.3) is 0 Å². The van der Waals surface area contributed by atoms with Crippen molar-refractivity contribution in [2.45, 2.75) is 37.9 Å². The summed E-state index contributed by atoms with van der Waals surface area (Å²) in [6.07, 6.45) is 3.00. The van der Waals surface area contributed by atoms with Gasteiger partial charge in [0.2, 0.25) is 0 Å². The predicted molar refractivity (Wildman–Crippen MR) is 70.1 cm³/mol. The van der Waals surface area contributed by atoms with Crippen molar-refractivity contribution < 1.29 is 4.79 Å². The molecule has 1 saturated carbocycles. The summed E-state index contributed by atoms with van der Waals surface area (Å²) in [6.45, 7) is 4.20. The van der Waals surface area contributed by atoms with E-state index < -0.39 is 0 Å². The summed E-state index contributed by atoms with van der Waals surface area (Å²) in [5.74, 6) is 0.732. The van der Waals surface area contributed by atoms with Gasteiger partial charge in [-0.3, -0.25) is 4.79 Å². The van der Waals surface area contributed by atoms with E-state index in [1.807, 2.05) is 0 Å². The molecule has 0 radical (unpaired) electrons. The first kappa shape index (κ1) is 11.8. The summed E-state index contributed by atoms with van der Waals surface area (Å²) < 4.78 is 0. The van der Waals surface area contributed by atoms with E-state index >= 15 is 0 Å². The number of hydrogen-bond acceptors (Lipinski definition) is 1. The standard InChI is InChI=1S/C14H17BrO/c1-9-3-4-10(2)12(7-9)8-13(15)14(16)11-5-6-11/h3-4,7,11,13H,5-6,8H2,1-2H3. The monoisotopic (exact) mass is 280 g/mol. The van der Waals surface area contributed by atoms with Crippen LogP contribution >= 0.6 is 15.9 Å². The minimum atomic E-state index is 0.000463. The van der Waals surface area contributed by atoms with Crippen LogP contribution in [-0.4, -0.2) is 10.6 Å². The molecule has 1 aliphatic carbocycles. The highest BCUT2D eigenvalue weighted by Gasteiger charge is 2.33. The molecule has 1 fully saturated rings. The van der Waals surface area contributed by atoms with E-state index in [4.69, 9.17) is 0 Å². The molecule has 0 amide bonds. The fraction of sp³-hybridized carbons (Fsp3) is 0.500. The lowest BCUT2D eigenvalue weighted by Crippen LogP contribution is -2.18. The Morgan fingerprint density at radius 3 is 2.75 bits per heavy atom. The van der Waals surface area contributed by atoms with Crippen molar-refractivity contribution in [3.05, 3.63) is 34.9 Å². The maximum atomic E-state index is 11.9. The molecule has 0 aliphatic heterocycles. The quantitative estimate of drug-likeness (QED) is 0.771. The zero-order valence-corrected chi connectivity index (χ0v) is 11.4. The molecule has 0 bridgehead atoms. The van der Waals surface area contributed by atoms with Gasteiger partial charge >= 0.3 is 0 Å². The van der Waals surface area contributed by atoms with Gasteiger partial charge < -0.3 is 0 Å². The molecule has 0 aromatic heterocycles. The molecule has 0 saturated heterocycles. The number of alkyl halides is 1. The van der Waals surface area contributed by atoms with Gasteiger partial charge in [-0.15, -0.1) is 0 Å². The lowest BCUT2D eigenvalue weighted by molar-refractivity contribution is -0.119. The lowest BCUT2D eigenvalue weighted by Gasteiger charge is -2.11. The van der Waals surface area contributed by atoms with E-state index in [0.29, 0.717) is 11.7 Å². The zero-order valence-electron chi connectivity index (χ0n) is 9.79. The Balaban J connectivity index is 2.07. The van der Waals surface area contributed by atoms with Crippen LogP contribution in [0.25, 0.3) is 0 Å². The number of benzene rings is 1. The van der Waals surface area contributed by atoms with Gasteiger partial charge in [0.1, 0.15) is 5.78 Å². The fourth-order valence-electron chi connectivity index (χ4n) is 1.94. The van der Waals surface area contributed by atoms with Crippen LogP contribution < -0.4 is 0 Å². The highest BCUT2D eigenvalue weighted by atomic mass is 79.9. The largest absolute Gasteiger partial charge is 0.298 e. The lowest BCUT2D eigenvalue weighted by atomic mass is 9.99. The maximum absolute atomic E-state index is 11.9. The molecule has 0 heterocycles. The Labute approximate surface area is 105 Å². The van der Waals surface area contributed by atoms with Crippen molar-refractivity contribution in [1.29, 1.82) is 0 Å². The van der Waals surface area contributed by atoms with Crippen molar-refractivity contribution in [2.75, 3.05) is 0 Å². The molecular formula is C14H17BrO. The van der Waals surface area contributed by atoms with Crippen LogP contribution in [0.4, 0.5) is 0 Å². The number of Topliss-reactive ketones (excluding diaryl/α,β-unsaturated/α-hetero) is 1. The first-order valence-electron chi connectivity index (χ1n) is 5.82. The molecule has 1 atom stereocenters. The minimum Gasteiger partial charge on any atom is -0.298 e. The van der Waals surface area contributed by atoms with E-state index in [2.05, 4.69) is 48.0 Å². The van der Waals surface area contributed by atoms with Crippen LogP contribution in [0.1, 0.15) is 29.5 Å². The molecule has 1 aliphatic rings. The van der Waals surface area contributed by atoms with E-state index in [-0.39, 0.29) is 4.83 Å². The minimum absolute atomic E-state index is 0.000463. The van der Waals surface area contributed by atoms with E-state index in [0.717, 1.165) is 19.3 Å². The first-order chi connectivity index (χ1) is 7.58. The summed E-state index contributed by atoms with van der Waals surface area (Å²) in [6, 6.07) is 6.43. The van der Waals surface area contributed by atoms with Gasteiger partial charge in [0, 0.05) is 5.92 Å². The third kappa shape index (κ3) is 2.73. The van der Waals surface area contributed by atoms with Crippen LogP contribution in [0, 0.1) is 19.8 Å². The summed E-state index contributed by atoms with van der Waals surface area (Å²) >= 11 is 3.53. The van der Waals surface area contributed by atoms with E-state index in [9.17, 15) is 4.79 Å². The van der Waals surface area contributed by atoms with Crippen molar-refractivity contribution in [3.63, 3.8) is 0 Å². The van der Waals surface area contributed by atoms with Crippen molar-refractivity contribution >= 4 is 21.7 Å². The highest BCUT2D eigenvalue weighted by Crippen LogP contribution is 2.33. The smallest absolute Gasteiger partial charge is 0.149 e. The van der Waals surface area contributed by atoms with E-state index in [1.165, 1.54) is 16.7 Å². The SMILES string of the molecule is Cc1ccc(C)c(CC(Br)C(=O)C2CC2)c1. The molecule has 2 heteroatoms. The van der Waals surface area contributed by atoms with Gasteiger partial charge in [-0.05, 0) is 44.2 Å². The maximum Gasteiger partial charge on any atom is 0.149 e. The van der Waals surface area contributed by atoms with Gasteiger partial charge in [-0.25, -0.2) is 0 Å². The summed E-state index contributed by atoms with van der Waals surface area (Å²) in [4.78, 5) is 11.9. The Morgan fingerprint density at radius 2 is 2.12 bits per heavy atom.